The molecule has 9 heavy (non-hydrogen) atoms. The van der Waals surface area contributed by atoms with E-state index in [9.17, 15) is 0 Å². The predicted octanol–water partition coefficient (Wildman–Crippen LogP) is 2.57. The topological polar surface area (TPSA) is 0 Å². The second kappa shape index (κ2) is 4.20. The molecule has 0 aromatic heterocycles. The molecular weight excluding hydrogens is 103 g/mol. The summed E-state index contributed by atoms with van der Waals surface area (Å²) in [5, 5.41) is 1.16. The molecule has 0 N–H and O–H groups in total. The van der Waals surface area contributed by atoms with Crippen molar-refractivity contribution in [1.29, 1.82) is 0 Å². The fourth-order valence-electron chi connectivity index (χ4n) is 0.604. The van der Waals surface area contributed by atoms with Gasteiger partial charge < -0.3 is 0 Å². The van der Waals surface area contributed by atoms with E-state index in [0.29, 0.717) is 5.41 Å². The van der Waals surface area contributed by atoms with Gasteiger partial charge in [0.1, 0.15) is 0 Å². The molecule has 0 aliphatic heterocycles. The van der Waals surface area contributed by atoms with Crippen LogP contribution in [0.1, 0.15) is 27.2 Å². The molecule has 0 bridgehead atoms. The van der Waals surface area contributed by atoms with E-state index >= 15 is 0 Å². The molecule has 0 spiro atoms. The second-order valence-corrected chi connectivity index (χ2v) is 3.64. The van der Waals surface area contributed by atoms with Crippen LogP contribution < -0.4 is 0 Å². The number of rotatable bonds is 2. The van der Waals surface area contributed by atoms with Crippen molar-refractivity contribution in [2.24, 2.45) is 5.41 Å². The summed E-state index contributed by atoms with van der Waals surface area (Å²) in [7, 11) is 0. The predicted molar refractivity (Wildman–Crippen MR) is 43.8 cm³/mol. The van der Waals surface area contributed by atoms with Crippen LogP contribution in [0.25, 0.3) is 0 Å². The van der Waals surface area contributed by atoms with Gasteiger partial charge in [-0.1, -0.05) is 0 Å². The zero-order valence-electron chi connectivity index (χ0n) is 7.07. The Balaban J connectivity index is 3.38. The third kappa shape index (κ3) is 8.34. The van der Waals surface area contributed by atoms with Crippen LogP contribution >= 0.6 is 0 Å². The van der Waals surface area contributed by atoms with E-state index < -0.39 is 0 Å². The first-order valence-electron chi connectivity index (χ1n) is 3.71. The van der Waals surface area contributed by atoms with Crippen molar-refractivity contribution in [2.75, 3.05) is 0 Å². The van der Waals surface area contributed by atoms with E-state index in [1.807, 2.05) is 0 Å². The molecule has 0 aromatic carbocycles. The maximum atomic E-state index is 2.26. The van der Waals surface area contributed by atoms with Crippen molar-refractivity contribution in [1.82, 2.24) is 0 Å². The Bertz CT molecular complexity index is 87.2. The summed E-state index contributed by atoms with van der Waals surface area (Å²) in [5.41, 5.74) is 0.464. The monoisotopic (exact) mass is 118 g/mol. The van der Waals surface area contributed by atoms with Crippen molar-refractivity contribution in [3.8, 4) is 0 Å². The SMILES string of the molecule is [Li][CH2]C=CCC(C)(C)C. The summed E-state index contributed by atoms with van der Waals surface area (Å²) in [5.74, 6) is 0. The van der Waals surface area contributed by atoms with Crippen LogP contribution in [-0.4, -0.2) is 17.7 Å². The van der Waals surface area contributed by atoms with Gasteiger partial charge in [0.05, 0.1) is 0 Å². The van der Waals surface area contributed by atoms with E-state index in [4.69, 9.17) is 0 Å². The Morgan fingerprint density at radius 2 is 1.78 bits per heavy atom. The summed E-state index contributed by atoms with van der Waals surface area (Å²) < 4.78 is 0. The van der Waals surface area contributed by atoms with Gasteiger partial charge in [-0.05, 0) is 0 Å². The molecule has 0 saturated heterocycles. The van der Waals surface area contributed by atoms with Crippen molar-refractivity contribution >= 4 is 17.7 Å². The minimum absolute atomic E-state index is 0.464. The van der Waals surface area contributed by atoms with E-state index in [2.05, 4.69) is 50.6 Å². The molecule has 1 heteroatoms. The van der Waals surface area contributed by atoms with E-state index in [1.165, 1.54) is 6.42 Å². The molecule has 0 aromatic rings. The van der Waals surface area contributed by atoms with Crippen LogP contribution in [0.2, 0.25) is 5.09 Å². The Labute approximate surface area is 67.9 Å². The van der Waals surface area contributed by atoms with Gasteiger partial charge in [-0.25, -0.2) is 0 Å². The van der Waals surface area contributed by atoms with E-state index in [-0.39, 0.29) is 0 Å². The third-order valence-corrected chi connectivity index (χ3v) is 1.13. The molecule has 0 aliphatic rings. The van der Waals surface area contributed by atoms with Gasteiger partial charge in [-0.2, -0.15) is 0 Å². The zero-order chi connectivity index (χ0) is 7.33. The third-order valence-electron chi connectivity index (χ3n) is 1.13. The van der Waals surface area contributed by atoms with Crippen LogP contribution in [0.4, 0.5) is 0 Å². The van der Waals surface area contributed by atoms with Crippen molar-refractivity contribution < 1.29 is 0 Å². The molecule has 0 radical (unpaired) electrons. The number of allylic oxidation sites excluding steroid dienone is 2. The molecule has 0 aliphatic carbocycles. The Hall–Kier alpha value is 0.337. The van der Waals surface area contributed by atoms with E-state index in [0.717, 1.165) is 5.09 Å². The van der Waals surface area contributed by atoms with Crippen LogP contribution in [0.5, 0.6) is 0 Å². The summed E-state index contributed by atoms with van der Waals surface area (Å²) in [6, 6.07) is 0. The van der Waals surface area contributed by atoms with Crippen LogP contribution in [0.3, 0.4) is 0 Å². The zero-order valence-corrected chi connectivity index (χ0v) is 7.07. The molecule has 0 nitrogen and oxygen atoms in total. The average Bonchev–Trinajstić information content (AvgIpc) is 1.63. The van der Waals surface area contributed by atoms with Gasteiger partial charge in [0, 0.05) is 0 Å². The molecule has 48 valence electrons. The second-order valence-electron chi connectivity index (χ2n) is 3.64. The van der Waals surface area contributed by atoms with Crippen molar-refractivity contribution in [3.63, 3.8) is 0 Å². The molecule has 0 atom stereocenters. The van der Waals surface area contributed by atoms with Crippen molar-refractivity contribution in [2.45, 2.75) is 32.3 Å². The fraction of sp³-hybridized carbons (Fsp3) is 0.750. The van der Waals surface area contributed by atoms with Gasteiger partial charge >= 0.3 is 67.6 Å². The first kappa shape index (κ1) is 9.34. The number of hydrogen-bond acceptors (Lipinski definition) is 0. The molecule has 0 saturated carbocycles. The van der Waals surface area contributed by atoms with Crippen LogP contribution in [-0.2, 0) is 0 Å². The van der Waals surface area contributed by atoms with Crippen LogP contribution in [0, 0.1) is 5.41 Å². The van der Waals surface area contributed by atoms with Gasteiger partial charge in [-0.15, -0.1) is 0 Å². The molecule has 0 amide bonds. The van der Waals surface area contributed by atoms with Gasteiger partial charge in [-0.3, -0.25) is 0 Å². The Kier molecular flexibility index (Phi) is 4.36. The van der Waals surface area contributed by atoms with E-state index in [1.54, 1.807) is 0 Å². The standard InChI is InChI=1S/C8H15.Li/c1-5-6-7-8(2,3)4;/h5-6H,1,7H2,2-4H3;. The van der Waals surface area contributed by atoms with Gasteiger partial charge in [0.25, 0.3) is 0 Å². The summed E-state index contributed by atoms with van der Waals surface area (Å²) in [6.45, 7) is 6.77. The summed E-state index contributed by atoms with van der Waals surface area (Å²) in [4.78, 5) is 0. The molecule has 0 fully saturated rings. The summed E-state index contributed by atoms with van der Waals surface area (Å²) in [6.07, 6.45) is 5.69. The Morgan fingerprint density at radius 1 is 1.22 bits per heavy atom. The van der Waals surface area contributed by atoms with Gasteiger partial charge in [0.2, 0.25) is 0 Å². The molecule has 0 rings (SSSR count). The molecule has 0 heterocycles. The Morgan fingerprint density at radius 3 is 2.11 bits per heavy atom. The first-order chi connectivity index (χ1) is 4.06. The normalized spacial score (nSPS) is 13.0. The quantitative estimate of drug-likeness (QED) is 0.386. The average molecular weight is 118 g/mol. The number of hydrogen-bond donors (Lipinski definition) is 0. The molecule has 0 unspecified atom stereocenters. The minimum atomic E-state index is 0.464. The fourth-order valence-corrected chi connectivity index (χ4v) is 0.604. The van der Waals surface area contributed by atoms with Crippen molar-refractivity contribution in [3.05, 3.63) is 12.2 Å². The summed E-state index contributed by atoms with van der Waals surface area (Å²) >= 11 is 2.17. The first-order valence-corrected chi connectivity index (χ1v) is 3.71. The maximum absolute atomic E-state index is 2.26. The molecular formula is C8H15Li. The van der Waals surface area contributed by atoms with Gasteiger partial charge in [0.15, 0.2) is 0 Å². The van der Waals surface area contributed by atoms with Crippen LogP contribution in [0.15, 0.2) is 12.2 Å².